The van der Waals surface area contributed by atoms with Gasteiger partial charge in [0.15, 0.2) is 0 Å². The van der Waals surface area contributed by atoms with Crippen molar-refractivity contribution in [2.24, 2.45) is 23.7 Å². The molecule has 0 bridgehead atoms. The van der Waals surface area contributed by atoms with E-state index in [-0.39, 0.29) is 0 Å². The summed E-state index contributed by atoms with van der Waals surface area (Å²) in [6, 6.07) is 0. The van der Waals surface area contributed by atoms with Gasteiger partial charge in [-0.1, -0.05) is 64.7 Å². The largest absolute Gasteiger partial charge is 0.120 e. The Labute approximate surface area is 127 Å². The molecule has 0 heterocycles. The molecule has 2 aliphatic carbocycles. The van der Waals surface area contributed by atoms with Gasteiger partial charge in [-0.2, -0.15) is 0 Å². The number of rotatable bonds is 6. The Kier molecular flexibility index (Phi) is 6.98. The van der Waals surface area contributed by atoms with Crippen LogP contribution in [-0.2, 0) is 0 Å². The smallest absolute Gasteiger partial charge is 0.0200 e. The number of hydrogen-bond donors (Lipinski definition) is 0. The van der Waals surface area contributed by atoms with Crippen LogP contribution >= 0.6 is 0 Å². The summed E-state index contributed by atoms with van der Waals surface area (Å²) in [6.07, 6.45) is 24.3. The summed E-state index contributed by atoms with van der Waals surface area (Å²) in [5.74, 6) is 6.67. The lowest BCUT2D eigenvalue weighted by molar-refractivity contribution is 0.221. The van der Waals surface area contributed by atoms with Crippen LogP contribution in [0.2, 0.25) is 0 Å². The summed E-state index contributed by atoms with van der Waals surface area (Å²) in [6.45, 7) is 2.32. The van der Waals surface area contributed by atoms with Crippen LogP contribution < -0.4 is 0 Å². The van der Waals surface area contributed by atoms with Gasteiger partial charge >= 0.3 is 0 Å². The average Bonchev–Trinajstić information content (AvgIpc) is 2.52. The van der Waals surface area contributed by atoms with Crippen molar-refractivity contribution in [1.82, 2.24) is 0 Å². The highest BCUT2D eigenvalue weighted by Crippen LogP contribution is 2.37. The van der Waals surface area contributed by atoms with Gasteiger partial charge in [0.1, 0.15) is 0 Å². The van der Waals surface area contributed by atoms with Crippen LogP contribution in [0, 0.1) is 36.0 Å². The first-order chi connectivity index (χ1) is 9.81. The van der Waals surface area contributed by atoms with E-state index in [1.54, 1.807) is 0 Å². The summed E-state index contributed by atoms with van der Waals surface area (Å²) in [4.78, 5) is 0. The minimum absolute atomic E-state index is 0.597. The standard InChI is InChI=1S/C20H34/c1-3-5-6-18-11-13-20(14-12-18)16-15-19-9-7-17(4-2)8-10-19/h2,17-20H,3,5-16H2,1H3. The molecule has 0 unspecified atom stereocenters. The molecule has 20 heavy (non-hydrogen) atoms. The van der Waals surface area contributed by atoms with Crippen molar-refractivity contribution in [2.75, 3.05) is 0 Å². The fourth-order valence-electron chi connectivity index (χ4n) is 4.39. The highest BCUT2D eigenvalue weighted by Gasteiger charge is 2.23. The Balaban J connectivity index is 1.56. The van der Waals surface area contributed by atoms with Crippen LogP contribution in [0.1, 0.15) is 90.4 Å². The van der Waals surface area contributed by atoms with E-state index >= 15 is 0 Å². The second-order valence-corrected chi connectivity index (χ2v) is 7.49. The molecule has 2 fully saturated rings. The van der Waals surface area contributed by atoms with E-state index in [2.05, 4.69) is 12.8 Å². The molecule has 0 N–H and O–H groups in total. The molecule has 0 aliphatic heterocycles. The Morgan fingerprint density at radius 2 is 1.20 bits per heavy atom. The number of hydrogen-bond acceptors (Lipinski definition) is 0. The van der Waals surface area contributed by atoms with Crippen molar-refractivity contribution in [3.05, 3.63) is 0 Å². The highest BCUT2D eigenvalue weighted by molar-refractivity contribution is 4.95. The van der Waals surface area contributed by atoms with Crippen LogP contribution in [0.4, 0.5) is 0 Å². The molecule has 0 nitrogen and oxygen atoms in total. The fourth-order valence-corrected chi connectivity index (χ4v) is 4.39. The second kappa shape index (κ2) is 8.76. The zero-order valence-electron chi connectivity index (χ0n) is 13.6. The lowest BCUT2D eigenvalue weighted by Gasteiger charge is -2.31. The molecule has 2 rings (SSSR count). The molecule has 0 amide bonds. The average molecular weight is 274 g/mol. The van der Waals surface area contributed by atoms with Gasteiger partial charge in [0.25, 0.3) is 0 Å². The third kappa shape index (κ3) is 5.16. The third-order valence-electron chi connectivity index (χ3n) is 6.00. The SMILES string of the molecule is C#CC1CCC(CCC2CCC(CCCC)CC2)CC1. The molecule has 0 spiro atoms. The molecule has 2 aliphatic rings. The van der Waals surface area contributed by atoms with Crippen molar-refractivity contribution in [3.63, 3.8) is 0 Å². The molecule has 0 radical (unpaired) electrons. The Morgan fingerprint density at radius 3 is 1.65 bits per heavy atom. The maximum atomic E-state index is 5.54. The monoisotopic (exact) mass is 274 g/mol. The van der Waals surface area contributed by atoms with E-state index in [0.29, 0.717) is 5.92 Å². The Bertz CT molecular complexity index is 282. The minimum Gasteiger partial charge on any atom is -0.120 e. The van der Waals surface area contributed by atoms with Gasteiger partial charge < -0.3 is 0 Å². The predicted octanol–water partition coefficient (Wildman–Crippen LogP) is 6.20. The quantitative estimate of drug-likeness (QED) is 0.506. The summed E-state index contributed by atoms with van der Waals surface area (Å²) in [5.41, 5.74) is 0. The van der Waals surface area contributed by atoms with Crippen molar-refractivity contribution in [1.29, 1.82) is 0 Å². The predicted molar refractivity (Wildman–Crippen MR) is 88.5 cm³/mol. The van der Waals surface area contributed by atoms with Crippen molar-refractivity contribution >= 4 is 0 Å². The lowest BCUT2D eigenvalue weighted by atomic mass is 9.75. The molecule has 0 aromatic carbocycles. The third-order valence-corrected chi connectivity index (χ3v) is 6.00. The summed E-state index contributed by atoms with van der Waals surface area (Å²) in [5, 5.41) is 0. The molecular weight excluding hydrogens is 240 g/mol. The van der Waals surface area contributed by atoms with Crippen LogP contribution in [0.15, 0.2) is 0 Å². The maximum absolute atomic E-state index is 5.54. The zero-order chi connectivity index (χ0) is 14.2. The first-order valence-electron chi connectivity index (χ1n) is 9.28. The Morgan fingerprint density at radius 1 is 0.750 bits per heavy atom. The van der Waals surface area contributed by atoms with Gasteiger partial charge in [0.2, 0.25) is 0 Å². The van der Waals surface area contributed by atoms with Crippen molar-refractivity contribution < 1.29 is 0 Å². The first-order valence-corrected chi connectivity index (χ1v) is 9.28. The van der Waals surface area contributed by atoms with Gasteiger partial charge in [-0.05, 0) is 43.4 Å². The summed E-state index contributed by atoms with van der Waals surface area (Å²) >= 11 is 0. The minimum atomic E-state index is 0.597. The van der Waals surface area contributed by atoms with Crippen LogP contribution in [0.5, 0.6) is 0 Å². The Hall–Kier alpha value is -0.440. The number of unbranched alkanes of at least 4 members (excludes halogenated alkanes) is 1. The highest BCUT2D eigenvalue weighted by atomic mass is 14.3. The molecule has 0 saturated heterocycles. The molecule has 0 aromatic rings. The van der Waals surface area contributed by atoms with Crippen LogP contribution in [0.3, 0.4) is 0 Å². The summed E-state index contributed by atoms with van der Waals surface area (Å²) in [7, 11) is 0. The molecule has 0 aromatic heterocycles. The van der Waals surface area contributed by atoms with E-state index in [0.717, 1.165) is 17.8 Å². The van der Waals surface area contributed by atoms with Gasteiger partial charge in [0, 0.05) is 5.92 Å². The van der Waals surface area contributed by atoms with Crippen LogP contribution in [-0.4, -0.2) is 0 Å². The summed E-state index contributed by atoms with van der Waals surface area (Å²) < 4.78 is 0. The maximum Gasteiger partial charge on any atom is 0.0200 e. The molecule has 0 heteroatoms. The van der Waals surface area contributed by atoms with Gasteiger partial charge in [-0.25, -0.2) is 0 Å². The topological polar surface area (TPSA) is 0 Å². The van der Waals surface area contributed by atoms with E-state index in [1.165, 1.54) is 83.5 Å². The zero-order valence-corrected chi connectivity index (χ0v) is 13.6. The second-order valence-electron chi connectivity index (χ2n) is 7.49. The van der Waals surface area contributed by atoms with E-state index < -0.39 is 0 Å². The molecule has 2 saturated carbocycles. The van der Waals surface area contributed by atoms with Gasteiger partial charge in [0.05, 0.1) is 0 Å². The first kappa shape index (κ1) is 15.9. The van der Waals surface area contributed by atoms with E-state index in [4.69, 9.17) is 6.42 Å². The van der Waals surface area contributed by atoms with Crippen LogP contribution in [0.25, 0.3) is 0 Å². The van der Waals surface area contributed by atoms with E-state index in [1.807, 2.05) is 0 Å². The van der Waals surface area contributed by atoms with Crippen molar-refractivity contribution in [3.8, 4) is 12.3 Å². The fraction of sp³-hybridized carbons (Fsp3) is 0.900. The van der Waals surface area contributed by atoms with Gasteiger partial charge in [-0.3, -0.25) is 0 Å². The molecular formula is C20H34. The normalized spacial score (nSPS) is 34.6. The molecule has 114 valence electrons. The van der Waals surface area contributed by atoms with E-state index in [9.17, 15) is 0 Å². The molecule has 0 atom stereocenters. The lowest BCUT2D eigenvalue weighted by Crippen LogP contribution is -2.17. The number of terminal acetylenes is 1. The van der Waals surface area contributed by atoms with Crippen molar-refractivity contribution in [2.45, 2.75) is 90.4 Å². The van der Waals surface area contributed by atoms with Gasteiger partial charge in [-0.15, -0.1) is 12.3 Å².